The Bertz CT molecular complexity index is 642. The average Bonchev–Trinajstić information content (AvgIpc) is 2.39. The van der Waals surface area contributed by atoms with Crippen LogP contribution in [0.3, 0.4) is 0 Å². The van der Waals surface area contributed by atoms with Crippen LogP contribution in [0.1, 0.15) is 15.9 Å². The summed E-state index contributed by atoms with van der Waals surface area (Å²) in [7, 11) is 0. The smallest absolute Gasteiger partial charge is 0.260 e. The van der Waals surface area contributed by atoms with Gasteiger partial charge < -0.3 is 5.32 Å². The molecule has 0 saturated carbocycles. The number of carbonyl (C=O) groups is 1. The van der Waals surface area contributed by atoms with Crippen molar-refractivity contribution in [3.63, 3.8) is 0 Å². The summed E-state index contributed by atoms with van der Waals surface area (Å²) >= 11 is 5.79. The van der Waals surface area contributed by atoms with Gasteiger partial charge in [-0.1, -0.05) is 17.7 Å². The second-order valence-corrected chi connectivity index (χ2v) is 4.15. The quantitative estimate of drug-likeness (QED) is 0.909. The molecular formula is C14H8ClFN2O. The van der Waals surface area contributed by atoms with Gasteiger partial charge in [-0.2, -0.15) is 5.26 Å². The number of anilines is 1. The largest absolute Gasteiger partial charge is 0.322 e. The maximum Gasteiger partial charge on any atom is 0.260 e. The fourth-order valence-corrected chi connectivity index (χ4v) is 1.79. The molecule has 19 heavy (non-hydrogen) atoms. The minimum Gasteiger partial charge on any atom is -0.322 e. The lowest BCUT2D eigenvalue weighted by Gasteiger charge is -2.07. The van der Waals surface area contributed by atoms with Gasteiger partial charge in [-0.25, -0.2) is 4.39 Å². The lowest BCUT2D eigenvalue weighted by Crippen LogP contribution is -2.14. The average molecular weight is 275 g/mol. The highest BCUT2D eigenvalue weighted by atomic mass is 35.5. The third-order valence-electron chi connectivity index (χ3n) is 2.46. The maximum atomic E-state index is 13.5. The first-order valence-corrected chi connectivity index (χ1v) is 5.75. The maximum absolute atomic E-state index is 13.5. The summed E-state index contributed by atoms with van der Waals surface area (Å²) in [5.74, 6) is -1.31. The molecule has 0 atom stereocenters. The fourth-order valence-electron chi connectivity index (χ4n) is 1.54. The van der Waals surface area contributed by atoms with E-state index in [0.29, 0.717) is 11.3 Å². The molecule has 0 spiro atoms. The number of carbonyl (C=O) groups excluding carboxylic acids is 1. The molecule has 1 amide bonds. The lowest BCUT2D eigenvalue weighted by molar-refractivity contribution is 0.102. The van der Waals surface area contributed by atoms with Gasteiger partial charge in [0.2, 0.25) is 0 Å². The van der Waals surface area contributed by atoms with Crippen LogP contribution in [0.25, 0.3) is 0 Å². The van der Waals surface area contributed by atoms with Gasteiger partial charge in [0.1, 0.15) is 5.82 Å². The Labute approximate surface area is 114 Å². The van der Waals surface area contributed by atoms with Crippen LogP contribution in [-0.2, 0) is 0 Å². The van der Waals surface area contributed by atoms with Gasteiger partial charge >= 0.3 is 0 Å². The monoisotopic (exact) mass is 274 g/mol. The molecule has 0 aliphatic rings. The predicted molar refractivity (Wildman–Crippen MR) is 70.5 cm³/mol. The molecule has 2 aromatic rings. The Morgan fingerprint density at radius 2 is 1.89 bits per heavy atom. The van der Waals surface area contributed by atoms with Gasteiger partial charge in [-0.15, -0.1) is 0 Å². The summed E-state index contributed by atoms with van der Waals surface area (Å²) < 4.78 is 13.5. The number of hydrogen-bond acceptors (Lipinski definition) is 2. The molecule has 0 aliphatic carbocycles. The van der Waals surface area contributed by atoms with E-state index in [9.17, 15) is 9.18 Å². The Hall–Kier alpha value is -2.38. The molecule has 0 fully saturated rings. The van der Waals surface area contributed by atoms with E-state index in [1.54, 1.807) is 24.3 Å². The number of rotatable bonds is 2. The van der Waals surface area contributed by atoms with Crippen molar-refractivity contribution in [3.05, 3.63) is 64.4 Å². The summed E-state index contributed by atoms with van der Waals surface area (Å²) in [5, 5.41) is 11.2. The minimum absolute atomic E-state index is 0.0474. The Morgan fingerprint density at radius 3 is 2.47 bits per heavy atom. The van der Waals surface area contributed by atoms with Gasteiger partial charge in [0.25, 0.3) is 5.91 Å². The number of halogens is 2. The van der Waals surface area contributed by atoms with Crippen molar-refractivity contribution < 1.29 is 9.18 Å². The number of amides is 1. The molecule has 94 valence electrons. The molecule has 2 aromatic carbocycles. The first kappa shape index (κ1) is 13.1. The first-order chi connectivity index (χ1) is 9.11. The fraction of sp³-hybridized carbons (Fsp3) is 0. The molecule has 0 unspecified atom stereocenters. The van der Waals surface area contributed by atoms with E-state index in [-0.39, 0.29) is 10.6 Å². The van der Waals surface area contributed by atoms with E-state index in [1.165, 1.54) is 18.2 Å². The van der Waals surface area contributed by atoms with Gasteiger partial charge in [0.15, 0.2) is 0 Å². The second-order valence-electron chi connectivity index (χ2n) is 3.74. The number of hydrogen-bond donors (Lipinski definition) is 1. The minimum atomic E-state index is -0.682. The Morgan fingerprint density at radius 1 is 1.21 bits per heavy atom. The van der Waals surface area contributed by atoms with Crippen molar-refractivity contribution in [2.24, 2.45) is 0 Å². The van der Waals surface area contributed by atoms with E-state index in [1.807, 2.05) is 6.07 Å². The molecule has 0 heterocycles. The van der Waals surface area contributed by atoms with E-state index in [4.69, 9.17) is 16.9 Å². The standard InChI is InChI=1S/C14H8ClFN2O/c15-11-2-1-3-12(16)13(11)14(19)18-10-6-4-9(8-17)5-7-10/h1-7H,(H,18,19). The van der Waals surface area contributed by atoms with Gasteiger partial charge in [-0.3, -0.25) is 4.79 Å². The molecule has 1 N–H and O–H groups in total. The van der Waals surface area contributed by atoms with Gasteiger partial charge in [-0.05, 0) is 36.4 Å². The second kappa shape index (κ2) is 5.51. The van der Waals surface area contributed by atoms with Crippen LogP contribution in [0.5, 0.6) is 0 Å². The van der Waals surface area contributed by atoms with Crippen LogP contribution >= 0.6 is 11.6 Å². The molecule has 0 saturated heterocycles. The lowest BCUT2D eigenvalue weighted by atomic mass is 10.2. The summed E-state index contributed by atoms with van der Waals surface area (Å²) in [6.07, 6.45) is 0. The van der Waals surface area contributed by atoms with Crippen LogP contribution in [0.4, 0.5) is 10.1 Å². The Kier molecular flexibility index (Phi) is 3.79. The van der Waals surface area contributed by atoms with Crippen molar-refractivity contribution in [2.75, 3.05) is 5.32 Å². The third kappa shape index (κ3) is 2.90. The number of nitriles is 1. The zero-order valence-electron chi connectivity index (χ0n) is 9.65. The topological polar surface area (TPSA) is 52.9 Å². The summed E-state index contributed by atoms with van der Waals surface area (Å²) in [6.45, 7) is 0. The zero-order chi connectivity index (χ0) is 13.8. The van der Waals surface area contributed by atoms with E-state index in [2.05, 4.69) is 5.32 Å². The summed E-state index contributed by atoms with van der Waals surface area (Å²) in [6, 6.07) is 12.2. The Balaban J connectivity index is 2.23. The summed E-state index contributed by atoms with van der Waals surface area (Å²) in [4.78, 5) is 11.9. The molecular weight excluding hydrogens is 267 g/mol. The van der Waals surface area contributed by atoms with Crippen molar-refractivity contribution in [1.82, 2.24) is 0 Å². The van der Waals surface area contributed by atoms with E-state index in [0.717, 1.165) is 0 Å². The predicted octanol–water partition coefficient (Wildman–Crippen LogP) is 3.60. The van der Waals surface area contributed by atoms with Crippen LogP contribution in [0.2, 0.25) is 5.02 Å². The molecule has 3 nitrogen and oxygen atoms in total. The number of nitrogens with one attached hydrogen (secondary N) is 1. The zero-order valence-corrected chi connectivity index (χ0v) is 10.4. The third-order valence-corrected chi connectivity index (χ3v) is 2.78. The van der Waals surface area contributed by atoms with Gasteiger partial charge in [0, 0.05) is 5.69 Å². The SMILES string of the molecule is N#Cc1ccc(NC(=O)c2c(F)cccc2Cl)cc1. The number of benzene rings is 2. The van der Waals surface area contributed by atoms with Crippen LogP contribution in [-0.4, -0.2) is 5.91 Å². The molecule has 2 rings (SSSR count). The molecule has 0 aliphatic heterocycles. The van der Waals surface area contributed by atoms with Crippen LogP contribution in [0.15, 0.2) is 42.5 Å². The van der Waals surface area contributed by atoms with Crippen molar-refractivity contribution >= 4 is 23.2 Å². The highest BCUT2D eigenvalue weighted by Crippen LogP contribution is 2.20. The van der Waals surface area contributed by atoms with Gasteiger partial charge in [0.05, 0.1) is 22.2 Å². The first-order valence-electron chi connectivity index (χ1n) is 5.37. The molecule has 5 heteroatoms. The number of nitrogens with zero attached hydrogens (tertiary/aromatic N) is 1. The summed E-state index contributed by atoms with van der Waals surface area (Å²) in [5.41, 5.74) is 0.735. The normalized spacial score (nSPS) is 9.74. The highest BCUT2D eigenvalue weighted by Gasteiger charge is 2.15. The molecule has 0 aromatic heterocycles. The van der Waals surface area contributed by atoms with E-state index < -0.39 is 11.7 Å². The highest BCUT2D eigenvalue weighted by molar-refractivity contribution is 6.34. The van der Waals surface area contributed by atoms with Crippen molar-refractivity contribution in [2.45, 2.75) is 0 Å². The van der Waals surface area contributed by atoms with Crippen molar-refractivity contribution in [1.29, 1.82) is 5.26 Å². The van der Waals surface area contributed by atoms with Crippen LogP contribution in [0, 0.1) is 17.1 Å². The van der Waals surface area contributed by atoms with Crippen LogP contribution < -0.4 is 5.32 Å². The molecule has 0 radical (unpaired) electrons. The molecule has 0 bridgehead atoms. The van der Waals surface area contributed by atoms with Crippen molar-refractivity contribution in [3.8, 4) is 6.07 Å². The van der Waals surface area contributed by atoms with E-state index >= 15 is 0 Å².